The maximum Gasteiger partial charge on any atom is 0.306 e. The second kappa shape index (κ2) is 44.5. The van der Waals surface area contributed by atoms with Crippen LogP contribution in [0, 0.1) is 17.8 Å². The highest BCUT2D eigenvalue weighted by Gasteiger charge is 2.19. The average Bonchev–Trinajstić information content (AvgIpc) is 3.19. The third-order valence-corrected chi connectivity index (χ3v) is 11.9. The number of hydrogen-bond donors (Lipinski definition) is 0. The van der Waals surface area contributed by atoms with E-state index in [0.717, 1.165) is 75.5 Å². The largest absolute Gasteiger partial charge is 0.462 e. The Balaban J connectivity index is 4.23. The lowest BCUT2D eigenvalue weighted by atomic mass is 10.0. The fourth-order valence-corrected chi connectivity index (χ4v) is 7.94. The molecule has 1 atom stereocenters. The van der Waals surface area contributed by atoms with Gasteiger partial charge in [-0.25, -0.2) is 0 Å². The molecule has 0 N–H and O–H groups in total. The molecule has 6 heteroatoms. The van der Waals surface area contributed by atoms with Gasteiger partial charge in [-0.2, -0.15) is 0 Å². The summed E-state index contributed by atoms with van der Waals surface area (Å²) in [6.45, 7) is 13.7. The predicted octanol–water partition coefficient (Wildman–Crippen LogP) is 16.8. The summed E-state index contributed by atoms with van der Waals surface area (Å²) < 4.78 is 16.8. The molecular weight excluding hydrogens is 733 g/mol. The van der Waals surface area contributed by atoms with E-state index in [2.05, 4.69) is 41.5 Å². The van der Waals surface area contributed by atoms with Crippen molar-refractivity contribution in [2.45, 2.75) is 292 Å². The van der Waals surface area contributed by atoms with E-state index in [1.165, 1.54) is 167 Å². The fraction of sp³-hybridized carbons (Fsp3) is 0.943. The molecule has 0 aromatic carbocycles. The zero-order valence-electron chi connectivity index (χ0n) is 40.5. The van der Waals surface area contributed by atoms with Crippen LogP contribution < -0.4 is 0 Å². The summed E-state index contributed by atoms with van der Waals surface area (Å²) in [5.74, 6) is 1.58. The summed E-state index contributed by atoms with van der Waals surface area (Å²) in [4.78, 5) is 37.9. The minimum atomic E-state index is -0.763. The molecule has 0 aliphatic carbocycles. The van der Waals surface area contributed by atoms with Gasteiger partial charge < -0.3 is 14.2 Å². The van der Waals surface area contributed by atoms with Crippen molar-refractivity contribution in [3.05, 3.63) is 0 Å². The smallest absolute Gasteiger partial charge is 0.306 e. The third kappa shape index (κ3) is 47.3. The van der Waals surface area contributed by atoms with Crippen LogP contribution >= 0.6 is 0 Å². The van der Waals surface area contributed by atoms with E-state index in [-0.39, 0.29) is 31.1 Å². The van der Waals surface area contributed by atoms with Crippen molar-refractivity contribution >= 4 is 17.9 Å². The molecule has 0 bridgehead atoms. The van der Waals surface area contributed by atoms with E-state index < -0.39 is 6.10 Å². The van der Waals surface area contributed by atoms with Gasteiger partial charge in [0, 0.05) is 19.3 Å². The Morgan fingerprint density at radius 1 is 0.288 bits per heavy atom. The van der Waals surface area contributed by atoms with Crippen molar-refractivity contribution in [3.63, 3.8) is 0 Å². The lowest BCUT2D eigenvalue weighted by Crippen LogP contribution is -2.30. The standard InChI is InChI=1S/C53H102O6/c1-47(2)39-33-27-21-16-13-11-9-7-8-10-12-14-18-24-30-36-42-51(54)57-45-50(59-53(56)44-38-32-26-20-23-29-35-41-49(5)6)46-58-52(55)43-37-31-25-19-15-17-22-28-34-40-48(3)4/h47-50H,7-46H2,1-6H3/t50-/m1/s1. The molecule has 0 aliphatic heterocycles. The first-order chi connectivity index (χ1) is 28.6. The molecule has 0 spiro atoms. The first-order valence-corrected chi connectivity index (χ1v) is 26.1. The molecule has 0 fully saturated rings. The number of esters is 3. The van der Waals surface area contributed by atoms with E-state index in [1.807, 2.05) is 0 Å². The number of carbonyl (C=O) groups is 3. The molecule has 0 aromatic heterocycles. The van der Waals surface area contributed by atoms with Crippen molar-refractivity contribution in [2.24, 2.45) is 17.8 Å². The van der Waals surface area contributed by atoms with Gasteiger partial charge >= 0.3 is 17.9 Å². The topological polar surface area (TPSA) is 78.9 Å². The Hall–Kier alpha value is -1.59. The molecule has 0 unspecified atom stereocenters. The van der Waals surface area contributed by atoms with E-state index in [0.29, 0.717) is 19.3 Å². The number of carbonyl (C=O) groups excluding carboxylic acids is 3. The maximum absolute atomic E-state index is 12.7. The molecule has 0 heterocycles. The van der Waals surface area contributed by atoms with E-state index in [9.17, 15) is 14.4 Å². The molecular formula is C53H102O6. The van der Waals surface area contributed by atoms with Gasteiger partial charge in [0.2, 0.25) is 0 Å². The normalized spacial score (nSPS) is 12.2. The maximum atomic E-state index is 12.7. The van der Waals surface area contributed by atoms with Gasteiger partial charge in [0.25, 0.3) is 0 Å². The fourth-order valence-electron chi connectivity index (χ4n) is 7.94. The predicted molar refractivity (Wildman–Crippen MR) is 252 cm³/mol. The second-order valence-corrected chi connectivity index (χ2v) is 19.6. The molecule has 0 amide bonds. The highest BCUT2D eigenvalue weighted by molar-refractivity contribution is 5.71. The summed E-state index contributed by atoms with van der Waals surface area (Å²) in [5, 5.41) is 0. The van der Waals surface area contributed by atoms with Crippen molar-refractivity contribution in [1.82, 2.24) is 0 Å². The van der Waals surface area contributed by atoms with Gasteiger partial charge in [0.1, 0.15) is 13.2 Å². The number of rotatable bonds is 46. The van der Waals surface area contributed by atoms with Gasteiger partial charge in [-0.05, 0) is 37.0 Å². The SMILES string of the molecule is CC(C)CCCCCCCCCCCCCCCCCCC(=O)OC[C@H](COC(=O)CCCCCCCCCCCC(C)C)OC(=O)CCCCCCCCCC(C)C. The minimum Gasteiger partial charge on any atom is -0.462 e. The van der Waals surface area contributed by atoms with Crippen molar-refractivity contribution in [3.8, 4) is 0 Å². The van der Waals surface area contributed by atoms with E-state index in [1.54, 1.807) is 0 Å². The Bertz CT molecular complexity index is 914. The van der Waals surface area contributed by atoms with Gasteiger partial charge in [0.15, 0.2) is 6.10 Å². The lowest BCUT2D eigenvalue weighted by Gasteiger charge is -2.18. The molecule has 0 radical (unpaired) electrons. The van der Waals surface area contributed by atoms with Crippen LogP contribution in [0.5, 0.6) is 0 Å². The van der Waals surface area contributed by atoms with Crippen LogP contribution in [0.25, 0.3) is 0 Å². The quantitative estimate of drug-likeness (QED) is 0.0345. The van der Waals surface area contributed by atoms with Crippen LogP contribution in [-0.4, -0.2) is 37.2 Å². The zero-order chi connectivity index (χ0) is 43.4. The second-order valence-electron chi connectivity index (χ2n) is 19.6. The lowest BCUT2D eigenvalue weighted by molar-refractivity contribution is -0.167. The van der Waals surface area contributed by atoms with Crippen LogP contribution in [0.3, 0.4) is 0 Å². The number of unbranched alkanes of at least 4 members (excludes halogenated alkanes) is 29. The third-order valence-electron chi connectivity index (χ3n) is 11.9. The Labute approximate surface area is 368 Å². The Morgan fingerprint density at radius 2 is 0.492 bits per heavy atom. The van der Waals surface area contributed by atoms with Crippen LogP contribution in [0.1, 0.15) is 286 Å². The summed E-state index contributed by atoms with van der Waals surface area (Å²) in [6.07, 6.45) is 43.9. The first-order valence-electron chi connectivity index (χ1n) is 26.1. The van der Waals surface area contributed by atoms with Gasteiger partial charge in [-0.1, -0.05) is 247 Å². The van der Waals surface area contributed by atoms with Crippen LogP contribution in [0.4, 0.5) is 0 Å². The van der Waals surface area contributed by atoms with E-state index in [4.69, 9.17) is 14.2 Å². The summed E-state index contributed by atoms with van der Waals surface area (Å²) in [6, 6.07) is 0. The zero-order valence-corrected chi connectivity index (χ0v) is 40.5. The van der Waals surface area contributed by atoms with Crippen molar-refractivity contribution in [1.29, 1.82) is 0 Å². The van der Waals surface area contributed by atoms with Crippen LogP contribution in [0.15, 0.2) is 0 Å². The minimum absolute atomic E-state index is 0.0653. The number of hydrogen-bond acceptors (Lipinski definition) is 6. The molecule has 0 saturated carbocycles. The molecule has 0 saturated heterocycles. The molecule has 0 aliphatic rings. The molecule has 6 nitrogen and oxygen atoms in total. The Kier molecular flexibility index (Phi) is 43.3. The average molecular weight is 835 g/mol. The summed E-state index contributed by atoms with van der Waals surface area (Å²) in [5.41, 5.74) is 0. The van der Waals surface area contributed by atoms with Crippen molar-refractivity contribution < 1.29 is 28.6 Å². The monoisotopic (exact) mass is 835 g/mol. The Morgan fingerprint density at radius 3 is 0.729 bits per heavy atom. The van der Waals surface area contributed by atoms with Crippen LogP contribution in [-0.2, 0) is 28.6 Å². The summed E-state index contributed by atoms with van der Waals surface area (Å²) >= 11 is 0. The summed E-state index contributed by atoms with van der Waals surface area (Å²) in [7, 11) is 0. The van der Waals surface area contributed by atoms with Crippen LogP contribution in [0.2, 0.25) is 0 Å². The van der Waals surface area contributed by atoms with Crippen molar-refractivity contribution in [2.75, 3.05) is 13.2 Å². The highest BCUT2D eigenvalue weighted by atomic mass is 16.6. The first kappa shape index (κ1) is 57.4. The molecule has 59 heavy (non-hydrogen) atoms. The van der Waals surface area contributed by atoms with Gasteiger partial charge in [-0.3, -0.25) is 14.4 Å². The van der Waals surface area contributed by atoms with E-state index >= 15 is 0 Å². The van der Waals surface area contributed by atoms with Gasteiger partial charge in [-0.15, -0.1) is 0 Å². The molecule has 0 rings (SSSR count). The molecule has 0 aromatic rings. The number of ether oxygens (including phenoxy) is 3. The van der Waals surface area contributed by atoms with Gasteiger partial charge in [0.05, 0.1) is 0 Å². The highest BCUT2D eigenvalue weighted by Crippen LogP contribution is 2.18. The molecule has 350 valence electrons.